The van der Waals surface area contributed by atoms with Gasteiger partial charge in [0.2, 0.25) is 0 Å². The molecule has 0 aromatic heterocycles. The van der Waals surface area contributed by atoms with Crippen molar-refractivity contribution in [1.29, 1.82) is 0 Å². The van der Waals surface area contributed by atoms with Gasteiger partial charge in [-0.3, -0.25) is 4.79 Å². The van der Waals surface area contributed by atoms with E-state index in [0.29, 0.717) is 23.7 Å². The molecule has 0 bridgehead atoms. The molecule has 1 amide bonds. The number of aromatic hydroxyl groups is 1. The number of carbonyl (C=O) groups is 1. The second-order valence-electron chi connectivity index (χ2n) is 4.61. The van der Waals surface area contributed by atoms with E-state index in [1.54, 1.807) is 0 Å². The summed E-state index contributed by atoms with van der Waals surface area (Å²) in [4.78, 5) is 11.9. The van der Waals surface area contributed by atoms with E-state index < -0.39 is 0 Å². The molecule has 4 N–H and O–H groups in total. The fourth-order valence-corrected chi connectivity index (χ4v) is 2.10. The van der Waals surface area contributed by atoms with Gasteiger partial charge < -0.3 is 20.9 Å². The van der Waals surface area contributed by atoms with Gasteiger partial charge in [0, 0.05) is 24.8 Å². The number of phenolic OH excluding ortho intramolecular Hbond substituents is 1. The van der Waals surface area contributed by atoms with Crippen molar-refractivity contribution in [1.82, 2.24) is 5.32 Å². The molecule has 5 heteroatoms. The molecular weight excluding hydrogens is 232 g/mol. The molecule has 1 heterocycles. The molecule has 1 aliphatic heterocycles. The zero-order valence-electron chi connectivity index (χ0n) is 10.3. The molecule has 0 aliphatic carbocycles. The highest BCUT2D eigenvalue weighted by molar-refractivity contribution is 5.99. The van der Waals surface area contributed by atoms with Crippen LogP contribution in [0.5, 0.6) is 5.75 Å². The van der Waals surface area contributed by atoms with Crippen molar-refractivity contribution in [2.24, 2.45) is 5.92 Å². The summed E-state index contributed by atoms with van der Waals surface area (Å²) in [6.07, 6.45) is 1.13. The molecule has 2 unspecified atom stereocenters. The topological polar surface area (TPSA) is 84.6 Å². The number of benzene rings is 1. The van der Waals surface area contributed by atoms with Crippen molar-refractivity contribution in [3.05, 3.63) is 23.8 Å². The summed E-state index contributed by atoms with van der Waals surface area (Å²) in [6, 6.07) is 4.35. The minimum absolute atomic E-state index is 0.0342. The lowest BCUT2D eigenvalue weighted by Crippen LogP contribution is -2.32. The van der Waals surface area contributed by atoms with E-state index in [1.807, 2.05) is 6.92 Å². The lowest BCUT2D eigenvalue weighted by atomic mass is 10.0. The van der Waals surface area contributed by atoms with Crippen LogP contribution in [0.2, 0.25) is 0 Å². The number of ether oxygens (including phenoxy) is 1. The average Bonchev–Trinajstić information content (AvgIpc) is 2.75. The number of phenols is 1. The first-order valence-electron chi connectivity index (χ1n) is 6.06. The minimum atomic E-state index is -0.262. The normalized spacial score (nSPS) is 22.9. The van der Waals surface area contributed by atoms with Crippen molar-refractivity contribution in [2.75, 3.05) is 18.9 Å². The number of nitrogens with one attached hydrogen (secondary N) is 1. The van der Waals surface area contributed by atoms with Crippen molar-refractivity contribution >= 4 is 11.6 Å². The first-order chi connectivity index (χ1) is 8.58. The molecule has 0 spiro atoms. The third kappa shape index (κ3) is 2.73. The Labute approximate surface area is 106 Å². The largest absolute Gasteiger partial charge is 0.508 e. The van der Waals surface area contributed by atoms with Crippen LogP contribution < -0.4 is 11.1 Å². The maximum atomic E-state index is 11.9. The first kappa shape index (κ1) is 12.7. The van der Waals surface area contributed by atoms with E-state index in [1.165, 1.54) is 18.2 Å². The molecule has 1 aliphatic rings. The van der Waals surface area contributed by atoms with E-state index in [4.69, 9.17) is 10.5 Å². The average molecular weight is 250 g/mol. The minimum Gasteiger partial charge on any atom is -0.508 e. The number of amides is 1. The van der Waals surface area contributed by atoms with Crippen molar-refractivity contribution in [3.63, 3.8) is 0 Å². The number of hydrogen-bond donors (Lipinski definition) is 3. The second kappa shape index (κ2) is 5.27. The van der Waals surface area contributed by atoms with Gasteiger partial charge in [-0.1, -0.05) is 0 Å². The molecule has 2 rings (SSSR count). The van der Waals surface area contributed by atoms with E-state index in [9.17, 15) is 9.90 Å². The Hall–Kier alpha value is -1.75. The van der Waals surface area contributed by atoms with Crippen molar-refractivity contribution < 1.29 is 14.6 Å². The van der Waals surface area contributed by atoms with Crippen LogP contribution in [0.25, 0.3) is 0 Å². The molecule has 1 fully saturated rings. The predicted molar refractivity (Wildman–Crippen MR) is 68.4 cm³/mol. The third-order valence-corrected chi connectivity index (χ3v) is 3.34. The van der Waals surface area contributed by atoms with Crippen LogP contribution in [0.3, 0.4) is 0 Å². The molecule has 0 radical (unpaired) electrons. The van der Waals surface area contributed by atoms with Gasteiger partial charge in [-0.15, -0.1) is 0 Å². The highest BCUT2D eigenvalue weighted by atomic mass is 16.5. The molecule has 1 aromatic carbocycles. The summed E-state index contributed by atoms with van der Waals surface area (Å²) in [7, 11) is 0. The van der Waals surface area contributed by atoms with E-state index in [2.05, 4.69) is 5.32 Å². The molecular formula is C13H18N2O3. The molecule has 18 heavy (non-hydrogen) atoms. The van der Waals surface area contributed by atoms with Gasteiger partial charge in [-0.25, -0.2) is 0 Å². The summed E-state index contributed by atoms with van der Waals surface area (Å²) in [5.74, 6) is 0.113. The molecule has 0 saturated carbocycles. The smallest absolute Gasteiger partial charge is 0.253 e. The molecule has 2 atom stereocenters. The molecule has 1 aromatic rings. The maximum absolute atomic E-state index is 11.9. The van der Waals surface area contributed by atoms with Crippen LogP contribution >= 0.6 is 0 Å². The lowest BCUT2D eigenvalue weighted by molar-refractivity contribution is 0.0908. The van der Waals surface area contributed by atoms with Crippen LogP contribution in [-0.4, -0.2) is 30.3 Å². The standard InChI is InChI=1S/C13H18N2O3/c1-8-9(4-5-18-8)7-15-13(17)11-6-10(16)2-3-12(11)14/h2-3,6,8-9,16H,4-5,7,14H2,1H3,(H,15,17). The van der Waals surface area contributed by atoms with Crippen molar-refractivity contribution in [2.45, 2.75) is 19.4 Å². The zero-order valence-corrected chi connectivity index (χ0v) is 10.3. The van der Waals surface area contributed by atoms with Gasteiger partial charge in [0.05, 0.1) is 11.7 Å². The highest BCUT2D eigenvalue weighted by Gasteiger charge is 2.24. The Morgan fingerprint density at radius 1 is 1.61 bits per heavy atom. The van der Waals surface area contributed by atoms with Crippen LogP contribution in [0.15, 0.2) is 18.2 Å². The Morgan fingerprint density at radius 2 is 2.39 bits per heavy atom. The van der Waals surface area contributed by atoms with Gasteiger partial charge in [-0.2, -0.15) is 0 Å². The summed E-state index contributed by atoms with van der Waals surface area (Å²) in [6.45, 7) is 3.32. The Kier molecular flexibility index (Phi) is 3.72. The van der Waals surface area contributed by atoms with Gasteiger partial charge in [0.25, 0.3) is 5.91 Å². The van der Waals surface area contributed by atoms with Crippen LogP contribution in [0.4, 0.5) is 5.69 Å². The Balaban J connectivity index is 1.97. The van der Waals surface area contributed by atoms with E-state index in [0.717, 1.165) is 13.0 Å². The van der Waals surface area contributed by atoms with E-state index in [-0.39, 0.29) is 17.8 Å². The highest BCUT2D eigenvalue weighted by Crippen LogP contribution is 2.21. The summed E-state index contributed by atoms with van der Waals surface area (Å²) in [5, 5.41) is 12.2. The second-order valence-corrected chi connectivity index (χ2v) is 4.61. The Morgan fingerprint density at radius 3 is 3.06 bits per heavy atom. The maximum Gasteiger partial charge on any atom is 0.253 e. The fraction of sp³-hybridized carbons (Fsp3) is 0.462. The van der Waals surface area contributed by atoms with E-state index >= 15 is 0 Å². The van der Waals surface area contributed by atoms with Gasteiger partial charge in [-0.05, 0) is 31.5 Å². The number of hydrogen-bond acceptors (Lipinski definition) is 4. The predicted octanol–water partition coefficient (Wildman–Crippen LogP) is 1.13. The third-order valence-electron chi connectivity index (χ3n) is 3.34. The zero-order chi connectivity index (χ0) is 13.1. The summed E-state index contributed by atoms with van der Waals surface area (Å²) >= 11 is 0. The number of carbonyl (C=O) groups excluding carboxylic acids is 1. The number of rotatable bonds is 3. The van der Waals surface area contributed by atoms with Crippen LogP contribution in [-0.2, 0) is 4.74 Å². The quantitative estimate of drug-likeness (QED) is 0.554. The summed E-state index contributed by atoms with van der Waals surface area (Å²) < 4.78 is 5.43. The van der Waals surface area contributed by atoms with Gasteiger partial charge >= 0.3 is 0 Å². The lowest BCUT2D eigenvalue weighted by Gasteiger charge is -2.15. The van der Waals surface area contributed by atoms with Crippen molar-refractivity contribution in [3.8, 4) is 5.75 Å². The monoisotopic (exact) mass is 250 g/mol. The van der Waals surface area contributed by atoms with Crippen LogP contribution in [0.1, 0.15) is 23.7 Å². The number of nitrogen functional groups attached to an aromatic ring is 1. The van der Waals surface area contributed by atoms with Crippen LogP contribution in [0, 0.1) is 5.92 Å². The first-order valence-corrected chi connectivity index (χ1v) is 6.06. The molecule has 98 valence electrons. The SMILES string of the molecule is CC1OCCC1CNC(=O)c1cc(O)ccc1N. The molecule has 1 saturated heterocycles. The van der Waals surface area contributed by atoms with Gasteiger partial charge in [0.1, 0.15) is 5.75 Å². The fourth-order valence-electron chi connectivity index (χ4n) is 2.10. The Bertz CT molecular complexity index is 448. The number of anilines is 1. The summed E-state index contributed by atoms with van der Waals surface area (Å²) in [5.41, 5.74) is 6.37. The van der Waals surface area contributed by atoms with Gasteiger partial charge in [0.15, 0.2) is 0 Å². The number of nitrogens with two attached hydrogens (primary N) is 1. The molecule has 5 nitrogen and oxygen atoms in total.